The summed E-state index contributed by atoms with van der Waals surface area (Å²) in [6.45, 7) is 16.4. The second kappa shape index (κ2) is 21.4. The van der Waals surface area contributed by atoms with Crippen molar-refractivity contribution in [1.29, 1.82) is 0 Å². The van der Waals surface area contributed by atoms with Gasteiger partial charge in [-0.3, -0.25) is 19.3 Å². The zero-order valence-electron chi connectivity index (χ0n) is 30.7. The van der Waals surface area contributed by atoms with Crippen LogP contribution in [0, 0.1) is 23.7 Å². The van der Waals surface area contributed by atoms with E-state index in [-0.39, 0.29) is 35.6 Å². The number of methoxy groups -OCH3 is 1. The first-order valence-corrected chi connectivity index (χ1v) is 18.0. The van der Waals surface area contributed by atoms with Gasteiger partial charge in [0.25, 0.3) is 5.91 Å². The van der Waals surface area contributed by atoms with E-state index in [0.29, 0.717) is 76.0 Å². The number of hydrogen-bond donors (Lipinski definition) is 4. The Morgan fingerprint density at radius 3 is 2.35 bits per heavy atom. The second-order valence-corrected chi connectivity index (χ2v) is 14.3. The van der Waals surface area contributed by atoms with E-state index in [1.54, 1.807) is 20.1 Å². The van der Waals surface area contributed by atoms with E-state index < -0.39 is 18.1 Å². The summed E-state index contributed by atoms with van der Waals surface area (Å²) in [6.07, 6.45) is 4.52. The summed E-state index contributed by atoms with van der Waals surface area (Å²) >= 11 is 0. The maximum Gasteiger partial charge on any atom is 0.252 e. The molecule has 1 aromatic rings. The van der Waals surface area contributed by atoms with Gasteiger partial charge >= 0.3 is 0 Å². The summed E-state index contributed by atoms with van der Waals surface area (Å²) in [5.74, 6) is 0.249. The number of amides is 3. The van der Waals surface area contributed by atoms with Crippen molar-refractivity contribution < 1.29 is 29.0 Å². The molecule has 5 atom stereocenters. The first kappa shape index (κ1) is 41.4. The Morgan fingerprint density at radius 2 is 1.75 bits per heavy atom. The number of nitrogens with one attached hydrogen (secondary N) is 1. The van der Waals surface area contributed by atoms with Gasteiger partial charge in [-0.25, -0.2) is 0 Å². The Hall–Kier alpha value is -2.73. The van der Waals surface area contributed by atoms with Crippen LogP contribution in [-0.4, -0.2) is 97.3 Å². The molecule has 0 radical (unpaired) electrons. The number of ether oxygens (including phenoxy) is 2. The van der Waals surface area contributed by atoms with Gasteiger partial charge in [0.15, 0.2) is 0 Å². The first-order valence-electron chi connectivity index (χ1n) is 18.0. The number of benzene rings is 1. The van der Waals surface area contributed by atoms with Gasteiger partial charge in [-0.05, 0) is 74.0 Å². The van der Waals surface area contributed by atoms with Crippen molar-refractivity contribution in [2.45, 2.75) is 111 Å². The van der Waals surface area contributed by atoms with E-state index in [4.69, 9.17) is 20.9 Å². The highest BCUT2D eigenvalue weighted by molar-refractivity contribution is 5.95. The Labute approximate surface area is 289 Å². The largest absolute Gasteiger partial charge is 0.493 e. The third kappa shape index (κ3) is 13.6. The van der Waals surface area contributed by atoms with Crippen molar-refractivity contribution >= 4 is 17.7 Å². The zero-order valence-corrected chi connectivity index (χ0v) is 30.7. The van der Waals surface area contributed by atoms with E-state index >= 15 is 0 Å². The smallest absolute Gasteiger partial charge is 0.252 e. The summed E-state index contributed by atoms with van der Waals surface area (Å²) < 4.78 is 11.1. The quantitative estimate of drug-likeness (QED) is 0.135. The average Bonchev–Trinajstić information content (AvgIpc) is 3.03. The molecule has 1 aromatic carbocycles. The van der Waals surface area contributed by atoms with Gasteiger partial charge in [0, 0.05) is 71.4 Å². The van der Waals surface area contributed by atoms with E-state index in [1.165, 1.54) is 0 Å². The predicted octanol–water partition coefficient (Wildman–Crippen LogP) is 3.94. The number of carbonyl (C=O) groups is 3. The van der Waals surface area contributed by atoms with E-state index in [1.807, 2.05) is 30.9 Å². The fourth-order valence-electron chi connectivity index (χ4n) is 6.50. The fourth-order valence-corrected chi connectivity index (χ4v) is 6.50. The standard InChI is InChI=1S/C37H65N5O6/c1-8-9-14-40-37(46)32(26(4)5)22-34(44)33(38)21-29(25(2)3)20-30-24-41(27(6)43)15-16-42(30)23-28-12-13-31(36(39)45)35(19-28)48-18-11-10-17-47-7/h12-13,19,25-26,29-30,32-34,44H,8-11,14-18,20-24,38H2,1-7H3,(H2,39,45)(H,40,46). The van der Waals surface area contributed by atoms with Crippen molar-refractivity contribution in [3.05, 3.63) is 29.3 Å². The molecule has 0 saturated carbocycles. The molecule has 1 aliphatic heterocycles. The van der Waals surface area contributed by atoms with Crippen molar-refractivity contribution in [2.75, 3.05) is 46.5 Å². The minimum Gasteiger partial charge on any atom is -0.493 e. The second-order valence-electron chi connectivity index (χ2n) is 14.3. The molecule has 6 N–H and O–H groups in total. The third-order valence-electron chi connectivity index (χ3n) is 9.80. The molecule has 11 heteroatoms. The average molecular weight is 676 g/mol. The molecular weight excluding hydrogens is 610 g/mol. The first-order chi connectivity index (χ1) is 22.8. The van der Waals surface area contributed by atoms with Crippen molar-refractivity contribution in [3.63, 3.8) is 0 Å². The number of hydrogen-bond acceptors (Lipinski definition) is 8. The third-order valence-corrected chi connectivity index (χ3v) is 9.80. The lowest BCUT2D eigenvalue weighted by atomic mass is 9.80. The highest BCUT2D eigenvalue weighted by Gasteiger charge is 2.34. The van der Waals surface area contributed by atoms with Gasteiger partial charge < -0.3 is 36.3 Å². The minimum absolute atomic E-state index is 0.0178. The Bertz CT molecular complexity index is 1130. The fraction of sp³-hybridized carbons (Fsp3) is 0.757. The monoisotopic (exact) mass is 675 g/mol. The van der Waals surface area contributed by atoms with Crippen LogP contribution in [-0.2, 0) is 20.9 Å². The predicted molar refractivity (Wildman–Crippen MR) is 190 cm³/mol. The molecule has 11 nitrogen and oxygen atoms in total. The molecule has 3 amide bonds. The van der Waals surface area contributed by atoms with Gasteiger partial charge in [0.2, 0.25) is 11.8 Å². The molecule has 1 saturated heterocycles. The number of rotatable bonds is 22. The SMILES string of the molecule is CCCCNC(=O)C(CC(O)C(N)CC(CC1CN(C(C)=O)CCN1Cc1ccc(C(N)=O)c(OCCCCOC)c1)C(C)C)C(C)C. The highest BCUT2D eigenvalue weighted by Crippen LogP contribution is 2.30. The van der Waals surface area contributed by atoms with Crippen LogP contribution in [0.2, 0.25) is 0 Å². The van der Waals surface area contributed by atoms with Crippen LogP contribution in [0.25, 0.3) is 0 Å². The Morgan fingerprint density at radius 1 is 1.04 bits per heavy atom. The van der Waals surface area contributed by atoms with E-state index in [2.05, 4.69) is 31.0 Å². The highest BCUT2D eigenvalue weighted by atomic mass is 16.5. The molecule has 1 aliphatic rings. The number of carbonyl (C=O) groups excluding carboxylic acids is 3. The zero-order chi connectivity index (χ0) is 35.8. The van der Waals surface area contributed by atoms with Crippen LogP contribution in [0.5, 0.6) is 5.75 Å². The summed E-state index contributed by atoms with van der Waals surface area (Å²) in [6, 6.07) is 5.14. The number of primary amides is 1. The molecule has 1 heterocycles. The van der Waals surface area contributed by atoms with Crippen LogP contribution >= 0.6 is 0 Å². The van der Waals surface area contributed by atoms with E-state index in [9.17, 15) is 19.5 Å². The van der Waals surface area contributed by atoms with Gasteiger partial charge in [-0.1, -0.05) is 47.1 Å². The maximum atomic E-state index is 12.9. The van der Waals surface area contributed by atoms with E-state index in [0.717, 1.165) is 37.7 Å². The molecule has 0 spiro atoms. The molecule has 0 aliphatic carbocycles. The van der Waals surface area contributed by atoms with Gasteiger partial charge in [0.1, 0.15) is 5.75 Å². The van der Waals surface area contributed by atoms with Crippen LogP contribution in [0.1, 0.15) is 102 Å². The summed E-state index contributed by atoms with van der Waals surface area (Å²) in [4.78, 5) is 41.8. The number of aliphatic hydroxyl groups is 1. The Kier molecular flexibility index (Phi) is 18.5. The normalized spacial score (nSPS) is 18.1. The number of unbranched alkanes of at least 4 members (excludes halogenated alkanes) is 2. The minimum atomic E-state index is -0.802. The summed E-state index contributed by atoms with van der Waals surface area (Å²) in [5, 5.41) is 14.3. The molecule has 0 aromatic heterocycles. The van der Waals surface area contributed by atoms with Crippen LogP contribution in [0.3, 0.4) is 0 Å². The number of piperazine rings is 1. The van der Waals surface area contributed by atoms with Gasteiger partial charge in [-0.2, -0.15) is 0 Å². The molecular formula is C37H65N5O6. The molecule has 0 bridgehead atoms. The van der Waals surface area contributed by atoms with Crippen LogP contribution in [0.4, 0.5) is 0 Å². The number of nitrogens with zero attached hydrogens (tertiary/aromatic N) is 2. The number of aliphatic hydroxyl groups excluding tert-OH is 1. The Balaban J connectivity index is 2.19. The van der Waals surface area contributed by atoms with Crippen molar-refractivity contribution in [3.8, 4) is 5.75 Å². The van der Waals surface area contributed by atoms with Gasteiger partial charge in [-0.15, -0.1) is 0 Å². The molecule has 274 valence electrons. The van der Waals surface area contributed by atoms with Gasteiger partial charge in [0.05, 0.1) is 18.3 Å². The maximum absolute atomic E-state index is 12.9. The molecule has 48 heavy (non-hydrogen) atoms. The molecule has 2 rings (SSSR count). The molecule has 5 unspecified atom stereocenters. The lowest BCUT2D eigenvalue weighted by Gasteiger charge is -2.43. The molecule has 1 fully saturated rings. The summed E-state index contributed by atoms with van der Waals surface area (Å²) in [5.41, 5.74) is 13.7. The van der Waals surface area contributed by atoms with Crippen molar-refractivity contribution in [2.24, 2.45) is 35.1 Å². The number of nitrogens with two attached hydrogens (primary N) is 2. The lowest BCUT2D eigenvalue weighted by Crippen LogP contribution is -2.54. The topological polar surface area (TPSA) is 160 Å². The summed E-state index contributed by atoms with van der Waals surface area (Å²) in [7, 11) is 1.67. The lowest BCUT2D eigenvalue weighted by molar-refractivity contribution is -0.132. The van der Waals surface area contributed by atoms with Crippen molar-refractivity contribution in [1.82, 2.24) is 15.1 Å². The van der Waals surface area contributed by atoms with Crippen LogP contribution < -0.4 is 21.5 Å². The van der Waals surface area contributed by atoms with Crippen LogP contribution in [0.15, 0.2) is 18.2 Å².